The first-order chi connectivity index (χ1) is 8.33. The van der Waals surface area contributed by atoms with E-state index in [2.05, 4.69) is 30.4 Å². The molecule has 1 fully saturated rings. The van der Waals surface area contributed by atoms with E-state index in [0.717, 1.165) is 5.92 Å². The lowest BCUT2D eigenvalue weighted by molar-refractivity contribution is 0.539. The Balaban J connectivity index is 1.58. The van der Waals surface area contributed by atoms with Gasteiger partial charge >= 0.3 is 0 Å². The summed E-state index contributed by atoms with van der Waals surface area (Å²) in [5, 5.41) is 3.66. The normalized spacial score (nSPS) is 20.3. The van der Waals surface area contributed by atoms with E-state index in [1.54, 1.807) is 11.1 Å². The van der Waals surface area contributed by atoms with E-state index in [0.29, 0.717) is 6.04 Å². The molecule has 0 heterocycles. The smallest absolute Gasteiger partial charge is 0.0291 e. The summed E-state index contributed by atoms with van der Waals surface area (Å²) in [6.07, 6.45) is 8.23. The summed E-state index contributed by atoms with van der Waals surface area (Å²) in [5.41, 5.74) is 4.65. The summed E-state index contributed by atoms with van der Waals surface area (Å²) >= 11 is 0. The number of hydrogen-bond donors (Lipinski definition) is 1. The molecule has 1 N–H and O–H groups in total. The Morgan fingerprint density at radius 1 is 1.24 bits per heavy atom. The van der Waals surface area contributed by atoms with Crippen molar-refractivity contribution in [1.82, 2.24) is 5.32 Å². The van der Waals surface area contributed by atoms with Crippen molar-refractivity contribution in [1.29, 1.82) is 0 Å². The van der Waals surface area contributed by atoms with Crippen LogP contribution in [-0.2, 0) is 12.8 Å². The average Bonchev–Trinajstić information content (AvgIpc) is 3.04. The summed E-state index contributed by atoms with van der Waals surface area (Å²) in [4.78, 5) is 0. The first-order valence-electron chi connectivity index (χ1n) is 7.18. The van der Waals surface area contributed by atoms with Gasteiger partial charge in [-0.3, -0.25) is 0 Å². The lowest BCUT2D eigenvalue weighted by Gasteiger charge is -2.15. The van der Waals surface area contributed by atoms with Gasteiger partial charge in [0.15, 0.2) is 0 Å². The molecule has 1 atom stereocenters. The topological polar surface area (TPSA) is 12.0 Å². The van der Waals surface area contributed by atoms with Crippen LogP contribution in [0.1, 0.15) is 55.3 Å². The third-order valence-corrected chi connectivity index (χ3v) is 4.32. The summed E-state index contributed by atoms with van der Waals surface area (Å²) in [6, 6.07) is 7.60. The van der Waals surface area contributed by atoms with Crippen LogP contribution >= 0.6 is 0 Å². The molecule has 1 nitrogen and oxygen atoms in total. The van der Waals surface area contributed by atoms with Crippen LogP contribution in [0.4, 0.5) is 0 Å². The number of rotatable bonds is 5. The third kappa shape index (κ3) is 2.71. The van der Waals surface area contributed by atoms with E-state index < -0.39 is 0 Å². The van der Waals surface area contributed by atoms with Crippen LogP contribution in [0, 0.1) is 5.92 Å². The summed E-state index contributed by atoms with van der Waals surface area (Å²) in [5.74, 6) is 1.04. The molecule has 1 aromatic carbocycles. The van der Waals surface area contributed by atoms with Gasteiger partial charge in [0.25, 0.3) is 0 Å². The van der Waals surface area contributed by atoms with Crippen LogP contribution in [0.2, 0.25) is 0 Å². The maximum Gasteiger partial charge on any atom is 0.0291 e. The monoisotopic (exact) mass is 229 g/mol. The quantitative estimate of drug-likeness (QED) is 0.813. The van der Waals surface area contributed by atoms with Gasteiger partial charge in [-0.2, -0.15) is 0 Å². The Bertz CT molecular complexity index is 393. The van der Waals surface area contributed by atoms with E-state index in [1.165, 1.54) is 50.6 Å². The predicted octanol–water partition coefficient (Wildman–Crippen LogP) is 3.63. The van der Waals surface area contributed by atoms with Crippen molar-refractivity contribution in [3.63, 3.8) is 0 Å². The molecule has 0 saturated heterocycles. The molecule has 1 saturated carbocycles. The number of fused-ring (bicyclic) bond motifs is 1. The van der Waals surface area contributed by atoms with Gasteiger partial charge in [-0.25, -0.2) is 0 Å². The molecule has 0 bridgehead atoms. The first kappa shape index (κ1) is 11.3. The van der Waals surface area contributed by atoms with Crippen molar-refractivity contribution in [3.05, 3.63) is 34.9 Å². The third-order valence-electron chi connectivity index (χ3n) is 4.32. The van der Waals surface area contributed by atoms with E-state index in [4.69, 9.17) is 0 Å². The standard InChI is InChI=1S/C16H23N/c1-12(17-10-9-13-5-6-13)15-8-7-14-3-2-4-16(14)11-15/h7-8,11-13,17H,2-6,9-10H2,1H3. The van der Waals surface area contributed by atoms with Crippen LogP contribution in [0.5, 0.6) is 0 Å². The van der Waals surface area contributed by atoms with Crippen molar-refractivity contribution in [2.75, 3.05) is 6.54 Å². The summed E-state index contributed by atoms with van der Waals surface area (Å²) in [7, 11) is 0. The van der Waals surface area contributed by atoms with Gasteiger partial charge in [-0.05, 0) is 61.8 Å². The lowest BCUT2D eigenvalue weighted by Crippen LogP contribution is -2.20. The zero-order valence-electron chi connectivity index (χ0n) is 10.8. The number of nitrogens with one attached hydrogen (secondary N) is 1. The molecule has 3 rings (SSSR count). The van der Waals surface area contributed by atoms with Gasteiger partial charge in [-0.1, -0.05) is 31.0 Å². The van der Waals surface area contributed by atoms with Crippen LogP contribution in [0.15, 0.2) is 18.2 Å². The minimum Gasteiger partial charge on any atom is -0.310 e. The Labute approximate surface area is 105 Å². The Kier molecular flexibility index (Phi) is 3.19. The highest BCUT2D eigenvalue weighted by atomic mass is 14.9. The molecule has 0 spiro atoms. The summed E-state index contributed by atoms with van der Waals surface area (Å²) in [6.45, 7) is 3.48. The highest BCUT2D eigenvalue weighted by Crippen LogP contribution is 2.32. The SMILES string of the molecule is CC(NCCC1CC1)c1ccc2c(c1)CCC2. The maximum absolute atomic E-state index is 3.66. The van der Waals surface area contributed by atoms with Crippen LogP contribution in [-0.4, -0.2) is 6.54 Å². The second-order valence-electron chi connectivity index (χ2n) is 5.79. The molecule has 2 aliphatic rings. The van der Waals surface area contributed by atoms with Crippen LogP contribution in [0.3, 0.4) is 0 Å². The van der Waals surface area contributed by atoms with Gasteiger partial charge in [-0.15, -0.1) is 0 Å². The molecule has 92 valence electrons. The summed E-state index contributed by atoms with van der Waals surface area (Å²) < 4.78 is 0. The molecule has 0 aliphatic heterocycles. The van der Waals surface area contributed by atoms with E-state index in [-0.39, 0.29) is 0 Å². The Hall–Kier alpha value is -0.820. The second kappa shape index (κ2) is 4.81. The molecule has 17 heavy (non-hydrogen) atoms. The molecule has 0 aromatic heterocycles. The highest BCUT2D eigenvalue weighted by Gasteiger charge is 2.20. The number of benzene rings is 1. The zero-order chi connectivity index (χ0) is 11.7. The molecular weight excluding hydrogens is 206 g/mol. The molecule has 0 amide bonds. The minimum atomic E-state index is 0.514. The van der Waals surface area contributed by atoms with Crippen LogP contribution < -0.4 is 5.32 Å². The van der Waals surface area contributed by atoms with Crippen molar-refractivity contribution >= 4 is 0 Å². The molecule has 1 heteroatoms. The molecule has 1 unspecified atom stereocenters. The fraction of sp³-hybridized carbons (Fsp3) is 0.625. The average molecular weight is 229 g/mol. The second-order valence-corrected chi connectivity index (χ2v) is 5.79. The molecular formula is C16H23N. The number of aryl methyl sites for hydroxylation is 2. The first-order valence-corrected chi connectivity index (χ1v) is 7.18. The van der Waals surface area contributed by atoms with E-state index >= 15 is 0 Å². The molecule has 2 aliphatic carbocycles. The predicted molar refractivity (Wildman–Crippen MR) is 72.2 cm³/mol. The largest absolute Gasteiger partial charge is 0.310 e. The lowest BCUT2D eigenvalue weighted by atomic mass is 10.0. The Morgan fingerprint density at radius 3 is 2.88 bits per heavy atom. The van der Waals surface area contributed by atoms with Crippen molar-refractivity contribution < 1.29 is 0 Å². The van der Waals surface area contributed by atoms with Gasteiger partial charge < -0.3 is 5.32 Å². The van der Waals surface area contributed by atoms with Crippen molar-refractivity contribution in [2.45, 2.75) is 51.5 Å². The molecule has 1 aromatic rings. The minimum absolute atomic E-state index is 0.514. The fourth-order valence-corrected chi connectivity index (χ4v) is 2.89. The van der Waals surface area contributed by atoms with Crippen molar-refractivity contribution in [2.24, 2.45) is 5.92 Å². The highest BCUT2D eigenvalue weighted by molar-refractivity contribution is 5.36. The number of hydrogen-bond acceptors (Lipinski definition) is 1. The molecule has 0 radical (unpaired) electrons. The van der Waals surface area contributed by atoms with E-state index in [9.17, 15) is 0 Å². The van der Waals surface area contributed by atoms with Gasteiger partial charge in [0, 0.05) is 6.04 Å². The fourth-order valence-electron chi connectivity index (χ4n) is 2.89. The van der Waals surface area contributed by atoms with E-state index in [1.807, 2.05) is 0 Å². The van der Waals surface area contributed by atoms with Gasteiger partial charge in [0.2, 0.25) is 0 Å². The zero-order valence-corrected chi connectivity index (χ0v) is 10.8. The Morgan fingerprint density at radius 2 is 2.06 bits per heavy atom. The van der Waals surface area contributed by atoms with Crippen molar-refractivity contribution in [3.8, 4) is 0 Å². The van der Waals surface area contributed by atoms with Crippen LogP contribution in [0.25, 0.3) is 0 Å². The maximum atomic E-state index is 3.66. The van der Waals surface area contributed by atoms with Gasteiger partial charge in [0.05, 0.1) is 0 Å². The van der Waals surface area contributed by atoms with Gasteiger partial charge in [0.1, 0.15) is 0 Å².